The quantitative estimate of drug-likeness (QED) is 0.104. The lowest BCUT2D eigenvalue weighted by atomic mass is 9.78. The number of amides is 4. The first-order valence-corrected chi connectivity index (χ1v) is 17.4. The van der Waals surface area contributed by atoms with E-state index in [1.54, 1.807) is 37.3 Å². The molecule has 1 aliphatic rings. The normalized spacial score (nSPS) is 17.1. The molecule has 4 aromatic rings. The molecule has 0 fully saturated rings. The summed E-state index contributed by atoms with van der Waals surface area (Å²) < 4.78 is 19.5. The van der Waals surface area contributed by atoms with Crippen molar-refractivity contribution in [1.82, 2.24) is 20.9 Å². The predicted molar refractivity (Wildman–Crippen MR) is 192 cm³/mol. The summed E-state index contributed by atoms with van der Waals surface area (Å²) in [5.74, 6) is -2.81. The summed E-state index contributed by atoms with van der Waals surface area (Å²) in [6.07, 6.45) is 0.409. The number of rotatable bonds is 13. The van der Waals surface area contributed by atoms with E-state index in [1.165, 1.54) is 30.3 Å². The molecule has 14 heteroatoms. The van der Waals surface area contributed by atoms with Crippen molar-refractivity contribution >= 4 is 57.9 Å². The zero-order valence-electron chi connectivity index (χ0n) is 28.2. The number of phenolic OH excluding ortho intramolecular Hbond substituents is 1. The lowest BCUT2D eigenvalue weighted by Crippen LogP contribution is -2.66. The highest BCUT2D eigenvalue weighted by atomic mass is 35.5. The van der Waals surface area contributed by atoms with Gasteiger partial charge in [-0.05, 0) is 73.1 Å². The molecule has 0 aliphatic heterocycles. The molecule has 1 aliphatic carbocycles. The van der Waals surface area contributed by atoms with Crippen molar-refractivity contribution in [2.45, 2.75) is 76.6 Å². The molecule has 4 atom stereocenters. The van der Waals surface area contributed by atoms with Gasteiger partial charge in [0.1, 0.15) is 35.8 Å². The number of hydrogen-bond acceptors (Lipinski definition) is 6. The molecule has 51 heavy (non-hydrogen) atoms. The second-order valence-corrected chi connectivity index (χ2v) is 13.8. The highest BCUT2D eigenvalue weighted by Gasteiger charge is 2.46. The number of aryl methyl sites for hydroxylation is 2. The van der Waals surface area contributed by atoms with Gasteiger partial charge in [-0.1, -0.05) is 73.8 Å². The van der Waals surface area contributed by atoms with E-state index in [0.717, 1.165) is 11.3 Å². The number of nitrogens with two attached hydrogens (primary N) is 1. The summed E-state index contributed by atoms with van der Waals surface area (Å²) in [4.78, 5) is 57.5. The minimum atomic E-state index is -1.59. The van der Waals surface area contributed by atoms with Gasteiger partial charge < -0.3 is 36.5 Å². The van der Waals surface area contributed by atoms with Gasteiger partial charge in [-0.3, -0.25) is 14.4 Å². The van der Waals surface area contributed by atoms with E-state index in [1.807, 2.05) is 6.92 Å². The largest absolute Gasteiger partial charge is 0.508 e. The van der Waals surface area contributed by atoms with Crippen molar-refractivity contribution in [3.05, 3.63) is 98.9 Å². The Morgan fingerprint density at radius 2 is 1.80 bits per heavy atom. The van der Waals surface area contributed by atoms with Gasteiger partial charge in [-0.15, -0.1) is 0 Å². The van der Waals surface area contributed by atoms with Crippen LogP contribution in [0.3, 0.4) is 0 Å². The first kappa shape index (κ1) is 37.4. The van der Waals surface area contributed by atoms with E-state index in [0.29, 0.717) is 45.8 Å². The molecule has 1 aromatic heterocycles. The number of alkyl carbamates (subject to hydrolysis) is 1. The maximum atomic E-state index is 14.4. The molecular formula is C37H40Cl2FN5O6. The second-order valence-electron chi connectivity index (χ2n) is 12.9. The number of ether oxygens (including phenoxy) is 1. The minimum Gasteiger partial charge on any atom is -0.508 e. The fourth-order valence-electron chi connectivity index (χ4n) is 6.35. The number of phenols is 1. The van der Waals surface area contributed by atoms with Crippen LogP contribution in [0.4, 0.5) is 9.18 Å². The fraction of sp³-hybridized carbons (Fsp3) is 0.351. The Balaban J connectivity index is 1.46. The second kappa shape index (κ2) is 16.0. The number of carbonyl (C=O) groups is 4. The van der Waals surface area contributed by atoms with Crippen LogP contribution in [0, 0.1) is 11.7 Å². The SMILES string of the molecule is CC[C@H](C)[C@H](NC(=O)[C@@]1(NC(=O)C(CCc2ccc(O)cc2)NC(=O)OCc2ccccc2F)CCc2[nH]c3c(Cl)cc(Cl)cc3c2C1)C(N)=O. The number of halogens is 3. The third kappa shape index (κ3) is 8.74. The van der Waals surface area contributed by atoms with Crippen molar-refractivity contribution in [2.75, 3.05) is 0 Å². The highest BCUT2D eigenvalue weighted by Crippen LogP contribution is 2.38. The van der Waals surface area contributed by atoms with Crippen molar-refractivity contribution in [2.24, 2.45) is 11.7 Å². The van der Waals surface area contributed by atoms with E-state index in [-0.39, 0.29) is 43.1 Å². The van der Waals surface area contributed by atoms with Gasteiger partial charge in [0.2, 0.25) is 17.7 Å². The number of H-pyrrole nitrogens is 1. The van der Waals surface area contributed by atoms with Crippen molar-refractivity contribution in [3.63, 3.8) is 0 Å². The molecule has 4 amide bonds. The van der Waals surface area contributed by atoms with Crippen LogP contribution in [0.15, 0.2) is 60.7 Å². The Morgan fingerprint density at radius 1 is 1.08 bits per heavy atom. The van der Waals surface area contributed by atoms with Crippen LogP contribution in [-0.4, -0.2) is 51.5 Å². The minimum absolute atomic E-state index is 0.00494. The Hall–Kier alpha value is -4.81. The van der Waals surface area contributed by atoms with Gasteiger partial charge in [0, 0.05) is 28.1 Å². The van der Waals surface area contributed by atoms with Gasteiger partial charge in [-0.2, -0.15) is 0 Å². The number of fused-ring (bicyclic) bond motifs is 3. The number of aromatic nitrogens is 1. The standard InChI is InChI=1S/C37H40Cl2FN5O6/c1-3-20(2)31(33(41)47)44-35(49)37(15-14-29-26(18-37)25-16-23(38)17-27(39)32(25)42-29)45-34(48)30(13-10-21-8-11-24(46)12-9-21)43-36(50)51-19-22-6-4-5-7-28(22)40/h4-9,11-12,16-17,20,30-31,42,46H,3,10,13-15,18-19H2,1-2H3,(H2,41,47)(H,43,50)(H,44,49)(H,45,48)/t20-,30?,31-,37+/m0/s1. The summed E-state index contributed by atoms with van der Waals surface area (Å²) in [5.41, 5.74) is 7.21. The molecule has 7 N–H and O–H groups in total. The van der Waals surface area contributed by atoms with E-state index >= 15 is 0 Å². The van der Waals surface area contributed by atoms with Crippen LogP contribution in [0.25, 0.3) is 10.9 Å². The number of nitrogens with one attached hydrogen (secondary N) is 4. The van der Waals surface area contributed by atoms with Crippen molar-refractivity contribution in [1.29, 1.82) is 0 Å². The van der Waals surface area contributed by atoms with Gasteiger partial charge in [0.05, 0.1) is 10.5 Å². The van der Waals surface area contributed by atoms with Crippen LogP contribution in [0.1, 0.15) is 55.5 Å². The third-order valence-electron chi connectivity index (χ3n) is 9.49. The van der Waals surface area contributed by atoms with Gasteiger partial charge in [0.15, 0.2) is 0 Å². The Bertz CT molecular complexity index is 1940. The third-order valence-corrected chi connectivity index (χ3v) is 10.0. The topological polar surface area (TPSA) is 176 Å². The maximum absolute atomic E-state index is 14.4. The molecule has 1 unspecified atom stereocenters. The maximum Gasteiger partial charge on any atom is 0.408 e. The average molecular weight is 741 g/mol. The summed E-state index contributed by atoms with van der Waals surface area (Å²) >= 11 is 12.9. The van der Waals surface area contributed by atoms with Crippen LogP contribution < -0.4 is 21.7 Å². The summed E-state index contributed by atoms with van der Waals surface area (Å²) in [5, 5.41) is 19.5. The number of aromatic amines is 1. The summed E-state index contributed by atoms with van der Waals surface area (Å²) in [6, 6.07) is 13.3. The molecule has 5 rings (SSSR count). The van der Waals surface area contributed by atoms with Gasteiger partial charge in [0.25, 0.3) is 0 Å². The van der Waals surface area contributed by atoms with E-state index in [4.69, 9.17) is 33.7 Å². The summed E-state index contributed by atoms with van der Waals surface area (Å²) in [6.45, 7) is 3.28. The van der Waals surface area contributed by atoms with E-state index < -0.39 is 47.3 Å². The first-order chi connectivity index (χ1) is 24.3. The molecule has 11 nitrogen and oxygen atoms in total. The molecule has 0 saturated heterocycles. The van der Waals surface area contributed by atoms with E-state index in [2.05, 4.69) is 20.9 Å². The lowest BCUT2D eigenvalue weighted by Gasteiger charge is -2.39. The van der Waals surface area contributed by atoms with Crippen molar-refractivity contribution < 1.29 is 33.4 Å². The number of aromatic hydroxyl groups is 1. The molecule has 0 bridgehead atoms. The Morgan fingerprint density at radius 3 is 2.49 bits per heavy atom. The monoisotopic (exact) mass is 739 g/mol. The summed E-state index contributed by atoms with van der Waals surface area (Å²) in [7, 11) is 0. The molecule has 0 radical (unpaired) electrons. The Labute approximate surface area is 304 Å². The molecular weight excluding hydrogens is 700 g/mol. The van der Waals surface area contributed by atoms with Crippen LogP contribution >= 0.6 is 23.2 Å². The lowest BCUT2D eigenvalue weighted by molar-refractivity contribution is -0.137. The number of hydrogen-bond donors (Lipinski definition) is 6. The van der Waals surface area contributed by atoms with Gasteiger partial charge >= 0.3 is 6.09 Å². The molecule has 3 aromatic carbocycles. The predicted octanol–water partition coefficient (Wildman–Crippen LogP) is 5.61. The zero-order chi connectivity index (χ0) is 36.9. The zero-order valence-corrected chi connectivity index (χ0v) is 29.7. The molecule has 0 saturated carbocycles. The van der Waals surface area contributed by atoms with Crippen molar-refractivity contribution in [3.8, 4) is 5.75 Å². The van der Waals surface area contributed by atoms with Crippen LogP contribution in [0.5, 0.6) is 5.75 Å². The highest BCUT2D eigenvalue weighted by molar-refractivity contribution is 6.38. The van der Waals surface area contributed by atoms with Crippen LogP contribution in [0.2, 0.25) is 10.0 Å². The number of primary amides is 1. The fourth-order valence-corrected chi connectivity index (χ4v) is 6.89. The average Bonchev–Trinajstić information content (AvgIpc) is 3.46. The van der Waals surface area contributed by atoms with Crippen LogP contribution in [-0.2, 0) is 45.0 Å². The number of carbonyl (C=O) groups excluding carboxylic acids is 4. The molecule has 270 valence electrons. The van der Waals surface area contributed by atoms with Gasteiger partial charge in [-0.25, -0.2) is 9.18 Å². The number of benzene rings is 3. The Kier molecular flexibility index (Phi) is 11.8. The van der Waals surface area contributed by atoms with E-state index in [9.17, 15) is 28.7 Å². The first-order valence-electron chi connectivity index (χ1n) is 16.7. The smallest absolute Gasteiger partial charge is 0.408 e. The molecule has 1 heterocycles. The molecule has 0 spiro atoms.